The predicted molar refractivity (Wildman–Crippen MR) is 46.6 cm³/mol. The molecule has 0 aromatic carbocycles. The zero-order valence-electron chi connectivity index (χ0n) is 7.91. The van der Waals surface area contributed by atoms with Gasteiger partial charge in [-0.3, -0.25) is 0 Å². The monoisotopic (exact) mass is 175 g/mol. The van der Waals surface area contributed by atoms with Crippen LogP contribution in [-0.4, -0.2) is 30.4 Å². The summed E-state index contributed by atoms with van der Waals surface area (Å²) < 4.78 is 10.5. The van der Waals surface area contributed by atoms with Crippen molar-refractivity contribution in [2.75, 3.05) is 13.2 Å². The lowest BCUT2D eigenvalue weighted by Gasteiger charge is -2.15. The Kier molecular flexibility index (Phi) is 6.70. The van der Waals surface area contributed by atoms with E-state index < -0.39 is 0 Å². The highest BCUT2D eigenvalue weighted by molar-refractivity contribution is 5.81. The highest BCUT2D eigenvalue weighted by Gasteiger charge is 2.09. The third kappa shape index (κ3) is 5.09. The maximum atomic E-state index is 8.40. The fourth-order valence-corrected chi connectivity index (χ4v) is 0.820. The Morgan fingerprint density at radius 1 is 1.33 bits per heavy atom. The average Bonchev–Trinajstić information content (AvgIpc) is 2.05. The Morgan fingerprint density at radius 2 is 1.83 bits per heavy atom. The van der Waals surface area contributed by atoms with Gasteiger partial charge in [-0.15, -0.1) is 0 Å². The third-order valence-corrected chi connectivity index (χ3v) is 1.34. The van der Waals surface area contributed by atoms with Gasteiger partial charge in [0.15, 0.2) is 6.29 Å². The van der Waals surface area contributed by atoms with Gasteiger partial charge in [0, 0.05) is 19.6 Å². The Bertz CT molecular complexity index is 130. The predicted octanol–water partition coefficient (Wildman–Crippen LogP) is 1.63. The summed E-state index contributed by atoms with van der Waals surface area (Å²) in [5.41, 5.74) is 0.613. The van der Waals surface area contributed by atoms with Crippen molar-refractivity contribution < 1.29 is 14.7 Å². The number of ether oxygens (including phenoxy) is 2. The molecular formula is C8H17NO3. The van der Waals surface area contributed by atoms with Crippen molar-refractivity contribution >= 4 is 5.71 Å². The summed E-state index contributed by atoms with van der Waals surface area (Å²) in [6.07, 6.45) is 0.231. The first-order chi connectivity index (χ1) is 5.74. The molecular weight excluding hydrogens is 158 g/mol. The SMILES string of the molecule is CCOC(CC(C)=NO)OCC. The van der Waals surface area contributed by atoms with Crippen LogP contribution in [0, 0.1) is 0 Å². The molecule has 0 saturated carbocycles. The fourth-order valence-electron chi connectivity index (χ4n) is 0.820. The number of rotatable bonds is 6. The molecule has 0 heterocycles. The standard InChI is InChI=1S/C8H17NO3/c1-4-11-8(12-5-2)6-7(3)9-10/h8,10H,4-6H2,1-3H3. The molecule has 0 aliphatic rings. The van der Waals surface area contributed by atoms with Crippen molar-refractivity contribution in [1.82, 2.24) is 0 Å². The maximum absolute atomic E-state index is 8.40. The highest BCUT2D eigenvalue weighted by atomic mass is 16.7. The second kappa shape index (κ2) is 7.06. The molecule has 0 rings (SSSR count). The molecule has 0 fully saturated rings. The number of oxime groups is 1. The van der Waals surface area contributed by atoms with Crippen molar-refractivity contribution in [2.24, 2.45) is 5.16 Å². The van der Waals surface area contributed by atoms with Gasteiger partial charge in [-0.2, -0.15) is 0 Å². The van der Waals surface area contributed by atoms with E-state index in [0.717, 1.165) is 0 Å². The minimum absolute atomic E-state index is 0.282. The van der Waals surface area contributed by atoms with Gasteiger partial charge < -0.3 is 14.7 Å². The van der Waals surface area contributed by atoms with E-state index in [0.29, 0.717) is 25.3 Å². The van der Waals surface area contributed by atoms with Crippen LogP contribution in [-0.2, 0) is 9.47 Å². The molecule has 0 aliphatic carbocycles. The summed E-state index contributed by atoms with van der Waals surface area (Å²) in [5.74, 6) is 0. The summed E-state index contributed by atoms with van der Waals surface area (Å²) in [7, 11) is 0. The minimum Gasteiger partial charge on any atom is -0.411 e. The first-order valence-corrected chi connectivity index (χ1v) is 4.15. The van der Waals surface area contributed by atoms with Gasteiger partial charge in [0.05, 0.1) is 5.71 Å². The normalized spacial score (nSPS) is 12.5. The molecule has 0 aliphatic heterocycles. The van der Waals surface area contributed by atoms with Crippen molar-refractivity contribution in [3.8, 4) is 0 Å². The Morgan fingerprint density at radius 3 is 2.17 bits per heavy atom. The van der Waals surface area contributed by atoms with Gasteiger partial charge in [0.2, 0.25) is 0 Å². The van der Waals surface area contributed by atoms with Crippen molar-refractivity contribution in [3.63, 3.8) is 0 Å². The zero-order valence-corrected chi connectivity index (χ0v) is 7.91. The van der Waals surface area contributed by atoms with Gasteiger partial charge in [0.1, 0.15) is 0 Å². The van der Waals surface area contributed by atoms with Gasteiger partial charge >= 0.3 is 0 Å². The summed E-state index contributed by atoms with van der Waals surface area (Å²) in [4.78, 5) is 0. The second-order valence-electron chi connectivity index (χ2n) is 2.38. The molecule has 1 N–H and O–H groups in total. The van der Waals surface area contributed by atoms with Gasteiger partial charge in [0.25, 0.3) is 0 Å². The molecule has 72 valence electrons. The fraction of sp³-hybridized carbons (Fsp3) is 0.875. The molecule has 12 heavy (non-hydrogen) atoms. The van der Waals surface area contributed by atoms with Crippen LogP contribution < -0.4 is 0 Å². The molecule has 0 atom stereocenters. The third-order valence-electron chi connectivity index (χ3n) is 1.34. The largest absolute Gasteiger partial charge is 0.411 e. The summed E-state index contributed by atoms with van der Waals surface area (Å²) in [6.45, 7) is 6.73. The van der Waals surface area contributed by atoms with E-state index in [-0.39, 0.29) is 6.29 Å². The van der Waals surface area contributed by atoms with Crippen LogP contribution in [0.5, 0.6) is 0 Å². The van der Waals surface area contributed by atoms with Crippen molar-refractivity contribution in [3.05, 3.63) is 0 Å². The van der Waals surface area contributed by atoms with E-state index in [1.165, 1.54) is 0 Å². The quantitative estimate of drug-likeness (QED) is 0.289. The molecule has 0 aromatic heterocycles. The average molecular weight is 175 g/mol. The van der Waals surface area contributed by atoms with Gasteiger partial charge in [-0.25, -0.2) is 0 Å². The summed E-state index contributed by atoms with van der Waals surface area (Å²) in [6, 6.07) is 0. The maximum Gasteiger partial charge on any atom is 0.162 e. The van der Waals surface area contributed by atoms with Crippen molar-refractivity contribution in [1.29, 1.82) is 0 Å². The Labute approximate surface area is 73.2 Å². The van der Waals surface area contributed by atoms with E-state index in [9.17, 15) is 0 Å². The van der Waals surface area contributed by atoms with Crippen LogP contribution in [0.1, 0.15) is 27.2 Å². The molecule has 0 bridgehead atoms. The summed E-state index contributed by atoms with van der Waals surface area (Å²) in [5, 5.41) is 11.4. The van der Waals surface area contributed by atoms with E-state index >= 15 is 0 Å². The van der Waals surface area contributed by atoms with E-state index in [2.05, 4.69) is 5.16 Å². The van der Waals surface area contributed by atoms with E-state index in [4.69, 9.17) is 14.7 Å². The van der Waals surface area contributed by atoms with Crippen LogP contribution in [0.25, 0.3) is 0 Å². The van der Waals surface area contributed by atoms with Gasteiger partial charge in [-0.1, -0.05) is 5.16 Å². The van der Waals surface area contributed by atoms with Crippen LogP contribution in [0.4, 0.5) is 0 Å². The summed E-state index contributed by atoms with van der Waals surface area (Å²) >= 11 is 0. The Hall–Kier alpha value is -0.610. The number of hydrogen-bond donors (Lipinski definition) is 1. The Balaban J connectivity index is 3.77. The van der Waals surface area contributed by atoms with Crippen molar-refractivity contribution in [2.45, 2.75) is 33.5 Å². The molecule has 0 aromatic rings. The first-order valence-electron chi connectivity index (χ1n) is 4.15. The zero-order chi connectivity index (χ0) is 9.40. The number of nitrogens with zero attached hydrogens (tertiary/aromatic N) is 1. The van der Waals surface area contributed by atoms with Gasteiger partial charge in [-0.05, 0) is 20.8 Å². The lowest BCUT2D eigenvalue weighted by molar-refractivity contribution is -0.130. The lowest BCUT2D eigenvalue weighted by atomic mass is 10.3. The molecule has 4 heteroatoms. The van der Waals surface area contributed by atoms with Crippen LogP contribution in [0.3, 0.4) is 0 Å². The molecule has 0 spiro atoms. The highest BCUT2D eigenvalue weighted by Crippen LogP contribution is 2.02. The van der Waals surface area contributed by atoms with Crippen LogP contribution in [0.2, 0.25) is 0 Å². The van der Waals surface area contributed by atoms with Crippen LogP contribution in [0.15, 0.2) is 5.16 Å². The number of hydrogen-bond acceptors (Lipinski definition) is 4. The molecule has 0 saturated heterocycles. The molecule has 0 radical (unpaired) electrons. The smallest absolute Gasteiger partial charge is 0.162 e. The molecule has 0 unspecified atom stereocenters. The second-order valence-corrected chi connectivity index (χ2v) is 2.38. The van der Waals surface area contributed by atoms with Crippen LogP contribution >= 0.6 is 0 Å². The lowest BCUT2D eigenvalue weighted by Crippen LogP contribution is -2.20. The topological polar surface area (TPSA) is 51.0 Å². The first kappa shape index (κ1) is 11.4. The molecule has 0 amide bonds. The molecule has 4 nitrogen and oxygen atoms in total. The minimum atomic E-state index is -0.282. The van der Waals surface area contributed by atoms with E-state index in [1.54, 1.807) is 6.92 Å². The van der Waals surface area contributed by atoms with E-state index in [1.807, 2.05) is 13.8 Å².